The highest BCUT2D eigenvalue weighted by Gasteiger charge is 2.20. The Morgan fingerprint density at radius 3 is 2.68 bits per heavy atom. The summed E-state index contributed by atoms with van der Waals surface area (Å²) in [6.07, 6.45) is 1.70. The summed E-state index contributed by atoms with van der Waals surface area (Å²) in [6, 6.07) is 17.7. The predicted molar refractivity (Wildman–Crippen MR) is 139 cm³/mol. The number of fused-ring (bicyclic) bond motifs is 1. The van der Waals surface area contributed by atoms with Crippen LogP contribution in [0.1, 0.15) is 35.8 Å². The number of carbonyl (C=O) groups excluding carboxylic acids is 1. The highest BCUT2D eigenvalue weighted by molar-refractivity contribution is 9.10. The normalized spacial score (nSPS) is 11.3. The quantitative estimate of drug-likeness (QED) is 0.278. The number of carbonyl (C=O) groups is 1. The monoisotopic (exact) mass is 532 g/mol. The molecule has 0 aliphatic carbocycles. The van der Waals surface area contributed by atoms with E-state index in [2.05, 4.69) is 36.5 Å². The van der Waals surface area contributed by atoms with E-state index < -0.39 is 0 Å². The molecule has 1 amide bonds. The van der Waals surface area contributed by atoms with Gasteiger partial charge >= 0.3 is 0 Å². The van der Waals surface area contributed by atoms with Gasteiger partial charge in [-0.1, -0.05) is 63.7 Å². The highest BCUT2D eigenvalue weighted by Crippen LogP contribution is 2.31. The van der Waals surface area contributed by atoms with Crippen molar-refractivity contribution in [3.05, 3.63) is 76.4 Å². The number of rotatable bonds is 5. The van der Waals surface area contributed by atoms with Gasteiger partial charge in [-0.25, -0.2) is 9.67 Å². The summed E-state index contributed by atoms with van der Waals surface area (Å²) in [5.74, 6) is -0.275. The van der Waals surface area contributed by atoms with Crippen LogP contribution in [0, 0.1) is 6.92 Å². The van der Waals surface area contributed by atoms with Crippen LogP contribution in [0.4, 0.5) is 5.13 Å². The molecule has 2 aromatic carbocycles. The van der Waals surface area contributed by atoms with Gasteiger partial charge < -0.3 is 0 Å². The van der Waals surface area contributed by atoms with E-state index in [9.17, 15) is 4.79 Å². The Kier molecular flexibility index (Phi) is 5.97. The van der Waals surface area contributed by atoms with Crippen molar-refractivity contribution in [2.24, 2.45) is 0 Å². The number of benzene rings is 2. The molecule has 5 rings (SSSR count). The smallest absolute Gasteiger partial charge is 0.258 e. The highest BCUT2D eigenvalue weighted by atomic mass is 79.9. The molecular formula is C25H21BrN6OS. The molecule has 7 nitrogen and oxygen atoms in total. The largest absolute Gasteiger partial charge is 0.296 e. The van der Waals surface area contributed by atoms with Gasteiger partial charge in [-0.2, -0.15) is 5.10 Å². The first kappa shape index (κ1) is 22.4. The lowest BCUT2D eigenvalue weighted by Crippen LogP contribution is -2.13. The molecule has 0 saturated heterocycles. The molecule has 0 aliphatic heterocycles. The average molecular weight is 533 g/mol. The molecule has 34 heavy (non-hydrogen) atoms. The maximum absolute atomic E-state index is 13.4. The first-order valence-corrected chi connectivity index (χ1v) is 12.4. The van der Waals surface area contributed by atoms with Crippen LogP contribution < -0.4 is 5.32 Å². The number of halogens is 1. The predicted octanol–water partition coefficient (Wildman–Crippen LogP) is 6.52. The van der Waals surface area contributed by atoms with E-state index in [4.69, 9.17) is 4.98 Å². The second-order valence-corrected chi connectivity index (χ2v) is 10.1. The first-order chi connectivity index (χ1) is 16.4. The second-order valence-electron chi connectivity index (χ2n) is 8.17. The van der Waals surface area contributed by atoms with Gasteiger partial charge in [0.05, 0.1) is 22.8 Å². The van der Waals surface area contributed by atoms with Gasteiger partial charge in [-0.15, -0.1) is 10.2 Å². The van der Waals surface area contributed by atoms with Crippen LogP contribution in [-0.2, 0) is 0 Å². The molecule has 3 heterocycles. The summed E-state index contributed by atoms with van der Waals surface area (Å²) in [6.45, 7) is 6.11. The van der Waals surface area contributed by atoms with E-state index in [1.165, 1.54) is 11.3 Å². The third-order valence-electron chi connectivity index (χ3n) is 5.44. The molecule has 0 unspecified atom stereocenters. The van der Waals surface area contributed by atoms with E-state index in [1.54, 1.807) is 6.20 Å². The minimum atomic E-state index is -0.275. The van der Waals surface area contributed by atoms with Crippen molar-refractivity contribution in [2.75, 3.05) is 5.32 Å². The number of nitrogens with one attached hydrogen (secondary N) is 1. The van der Waals surface area contributed by atoms with Crippen LogP contribution in [0.15, 0.2) is 65.3 Å². The van der Waals surface area contributed by atoms with E-state index in [0.717, 1.165) is 31.9 Å². The Hall–Kier alpha value is -3.43. The summed E-state index contributed by atoms with van der Waals surface area (Å²) in [5.41, 5.74) is 4.88. The molecule has 0 saturated carbocycles. The van der Waals surface area contributed by atoms with Crippen LogP contribution in [0.5, 0.6) is 0 Å². The van der Waals surface area contributed by atoms with Crippen LogP contribution in [0.25, 0.3) is 32.9 Å². The van der Waals surface area contributed by atoms with Crippen LogP contribution in [-0.4, -0.2) is 30.9 Å². The maximum atomic E-state index is 13.4. The second kappa shape index (κ2) is 9.08. The minimum Gasteiger partial charge on any atom is -0.296 e. The van der Waals surface area contributed by atoms with Gasteiger partial charge in [0.1, 0.15) is 5.01 Å². The molecule has 0 atom stereocenters. The number of hydrogen-bond donors (Lipinski definition) is 1. The SMILES string of the molecule is Cc1ccccc1-c1cc(C(=O)Nc2nnc(-c3cccc(Br)c3)s2)c2cnn(C(C)C)c2n1. The number of pyridine rings is 1. The van der Waals surface area contributed by atoms with E-state index in [1.807, 2.05) is 80.1 Å². The summed E-state index contributed by atoms with van der Waals surface area (Å²) in [4.78, 5) is 18.3. The fourth-order valence-corrected chi connectivity index (χ4v) is 4.89. The Balaban J connectivity index is 1.55. The van der Waals surface area contributed by atoms with Crippen LogP contribution in [0.2, 0.25) is 0 Å². The van der Waals surface area contributed by atoms with Gasteiger partial charge in [0, 0.05) is 21.6 Å². The first-order valence-electron chi connectivity index (χ1n) is 10.8. The molecule has 0 spiro atoms. The fourth-order valence-electron chi connectivity index (χ4n) is 3.76. The van der Waals surface area contributed by atoms with Crippen LogP contribution >= 0.6 is 27.3 Å². The summed E-state index contributed by atoms with van der Waals surface area (Å²) < 4.78 is 2.79. The van der Waals surface area contributed by atoms with Gasteiger partial charge in [-0.05, 0) is 44.5 Å². The summed E-state index contributed by atoms with van der Waals surface area (Å²) >= 11 is 4.80. The number of anilines is 1. The number of hydrogen-bond acceptors (Lipinski definition) is 6. The zero-order valence-electron chi connectivity index (χ0n) is 18.8. The number of aromatic nitrogens is 5. The molecule has 0 bridgehead atoms. The maximum Gasteiger partial charge on any atom is 0.258 e. The molecule has 0 fully saturated rings. The van der Waals surface area contributed by atoms with Crippen molar-refractivity contribution in [2.45, 2.75) is 26.8 Å². The fraction of sp³-hybridized carbons (Fsp3) is 0.160. The molecule has 3 aromatic heterocycles. The molecule has 0 aliphatic rings. The third kappa shape index (κ3) is 4.24. The van der Waals surface area contributed by atoms with Gasteiger partial charge in [0.2, 0.25) is 5.13 Å². The Labute approximate surface area is 209 Å². The Morgan fingerprint density at radius 1 is 1.09 bits per heavy atom. The molecule has 5 aromatic rings. The zero-order valence-corrected chi connectivity index (χ0v) is 21.2. The van der Waals surface area contributed by atoms with Gasteiger partial charge in [-0.3, -0.25) is 10.1 Å². The topological polar surface area (TPSA) is 85.6 Å². The standard InChI is InChI=1S/C25H21BrN6OS/c1-14(2)32-22-20(13-27-32)19(12-21(28-22)18-10-5-4-7-15(18)3)23(33)29-25-31-30-24(34-25)16-8-6-9-17(26)11-16/h4-14H,1-3H3,(H,29,31,33). The van der Waals surface area contributed by atoms with Crippen LogP contribution in [0.3, 0.4) is 0 Å². The number of amides is 1. The molecule has 9 heteroatoms. The third-order valence-corrected chi connectivity index (χ3v) is 6.82. The Bertz CT molecular complexity index is 1520. The average Bonchev–Trinajstić information content (AvgIpc) is 3.46. The molecule has 1 N–H and O–H groups in total. The lowest BCUT2D eigenvalue weighted by molar-refractivity contribution is 0.102. The number of aryl methyl sites for hydroxylation is 1. The zero-order chi connectivity index (χ0) is 23.8. The lowest BCUT2D eigenvalue weighted by atomic mass is 10.0. The van der Waals surface area contributed by atoms with E-state index in [0.29, 0.717) is 21.7 Å². The lowest BCUT2D eigenvalue weighted by Gasteiger charge is -2.11. The molecule has 0 radical (unpaired) electrons. The van der Waals surface area contributed by atoms with Crippen molar-refractivity contribution in [1.82, 2.24) is 25.0 Å². The van der Waals surface area contributed by atoms with E-state index >= 15 is 0 Å². The molecule has 170 valence electrons. The minimum absolute atomic E-state index is 0.101. The molecular weight excluding hydrogens is 512 g/mol. The van der Waals surface area contributed by atoms with Crippen molar-refractivity contribution in [3.63, 3.8) is 0 Å². The van der Waals surface area contributed by atoms with Crippen molar-refractivity contribution in [1.29, 1.82) is 0 Å². The van der Waals surface area contributed by atoms with Gasteiger partial charge in [0.15, 0.2) is 5.65 Å². The van der Waals surface area contributed by atoms with Crippen molar-refractivity contribution >= 4 is 49.3 Å². The summed E-state index contributed by atoms with van der Waals surface area (Å²) in [7, 11) is 0. The Morgan fingerprint density at radius 2 is 1.91 bits per heavy atom. The van der Waals surface area contributed by atoms with E-state index in [-0.39, 0.29) is 11.9 Å². The summed E-state index contributed by atoms with van der Waals surface area (Å²) in [5, 5.41) is 17.7. The van der Waals surface area contributed by atoms with Crippen molar-refractivity contribution in [3.8, 4) is 21.8 Å². The number of nitrogens with zero attached hydrogens (tertiary/aromatic N) is 5. The van der Waals surface area contributed by atoms with Crippen molar-refractivity contribution < 1.29 is 4.79 Å². The van der Waals surface area contributed by atoms with Gasteiger partial charge in [0.25, 0.3) is 5.91 Å².